The zero-order chi connectivity index (χ0) is 11.8. The summed E-state index contributed by atoms with van der Waals surface area (Å²) in [6.45, 7) is 2.72. The van der Waals surface area contributed by atoms with E-state index in [1.54, 1.807) is 0 Å². The Labute approximate surface area is 116 Å². The number of nitrogens with two attached hydrogens (primary N) is 1. The highest BCUT2D eigenvalue weighted by atomic mass is 35.5. The number of nitrogen functional groups attached to an aromatic ring is 1. The van der Waals surface area contributed by atoms with Crippen LogP contribution in [0.5, 0.6) is 0 Å². The normalized spacial score (nSPS) is 27.4. The lowest BCUT2D eigenvalue weighted by Crippen LogP contribution is -2.44. The lowest BCUT2D eigenvalue weighted by Gasteiger charge is -2.35. The van der Waals surface area contributed by atoms with Gasteiger partial charge in [-0.25, -0.2) is 4.98 Å². The number of piperidine rings is 1. The lowest BCUT2D eigenvalue weighted by atomic mass is 9.91. The number of likely N-dealkylation sites (tertiary alicyclic amines) is 1. The molecule has 0 unspecified atom stereocenters. The predicted molar refractivity (Wildman–Crippen MR) is 73.7 cm³/mol. The maximum absolute atomic E-state index is 11.6. The first-order chi connectivity index (χ1) is 8.24. The minimum atomic E-state index is 0. The minimum absolute atomic E-state index is 0. The molecular weight excluding hydrogens is 272 g/mol. The van der Waals surface area contributed by atoms with Crippen molar-refractivity contribution in [2.24, 2.45) is 5.92 Å². The largest absolute Gasteiger partial charge is 0.375 e. The van der Waals surface area contributed by atoms with Gasteiger partial charge in [0, 0.05) is 30.2 Å². The van der Waals surface area contributed by atoms with E-state index in [9.17, 15) is 4.79 Å². The molecule has 2 aliphatic rings. The predicted octanol–water partition coefficient (Wildman–Crippen LogP) is 0.857. The van der Waals surface area contributed by atoms with Gasteiger partial charge < -0.3 is 11.1 Å². The number of hydrogen-bond donors (Lipinski definition) is 2. The number of anilines is 1. The van der Waals surface area contributed by atoms with Crippen LogP contribution in [0.2, 0.25) is 0 Å². The molecule has 1 aromatic heterocycles. The Hall–Kier alpha value is -0.850. The molecule has 0 aliphatic carbocycles. The number of nitrogens with zero attached hydrogens (tertiary/aromatic N) is 2. The van der Waals surface area contributed by atoms with Crippen LogP contribution >= 0.6 is 23.7 Å². The van der Waals surface area contributed by atoms with Crippen molar-refractivity contribution in [2.75, 3.05) is 18.8 Å². The number of halogens is 1. The number of carbonyl (C=O) groups excluding carboxylic acids is 1. The third kappa shape index (κ3) is 2.46. The van der Waals surface area contributed by atoms with Gasteiger partial charge in [-0.3, -0.25) is 9.69 Å². The standard InChI is InChI=1S/C11H16N4OS.ClH/c12-11-14-4-7(17-11)6-15-3-1-2-8-9(15)5-13-10(8)16;/h4,8-9H,1-3,5-6H2,(H2,12,14)(H,13,16);1H/t8-,9-;/m1./s1. The highest BCUT2D eigenvalue weighted by Crippen LogP contribution is 2.29. The summed E-state index contributed by atoms with van der Waals surface area (Å²) in [4.78, 5) is 19.3. The fraction of sp³-hybridized carbons (Fsp3) is 0.636. The first-order valence-electron chi connectivity index (χ1n) is 5.96. The lowest BCUT2D eigenvalue weighted by molar-refractivity contribution is -0.124. The Morgan fingerprint density at radius 2 is 2.44 bits per heavy atom. The van der Waals surface area contributed by atoms with Crippen molar-refractivity contribution in [3.63, 3.8) is 0 Å². The van der Waals surface area contributed by atoms with Crippen LogP contribution in [-0.2, 0) is 11.3 Å². The molecule has 0 spiro atoms. The molecule has 5 nitrogen and oxygen atoms in total. The molecular formula is C11H17ClN4OS. The highest BCUT2D eigenvalue weighted by molar-refractivity contribution is 7.15. The van der Waals surface area contributed by atoms with Crippen molar-refractivity contribution < 1.29 is 4.79 Å². The Bertz CT molecular complexity index is 438. The summed E-state index contributed by atoms with van der Waals surface area (Å²) in [5.74, 6) is 0.414. The van der Waals surface area contributed by atoms with Crippen molar-refractivity contribution in [1.29, 1.82) is 0 Å². The number of nitrogens with one attached hydrogen (secondary N) is 1. The van der Waals surface area contributed by atoms with E-state index in [1.165, 1.54) is 16.2 Å². The molecule has 2 aliphatic heterocycles. The summed E-state index contributed by atoms with van der Waals surface area (Å²) in [5, 5.41) is 3.58. The summed E-state index contributed by atoms with van der Waals surface area (Å²) in [7, 11) is 0. The molecule has 7 heteroatoms. The molecule has 100 valence electrons. The average Bonchev–Trinajstić information content (AvgIpc) is 2.88. The molecule has 3 rings (SSSR count). The summed E-state index contributed by atoms with van der Waals surface area (Å²) in [6.07, 6.45) is 3.97. The first-order valence-corrected chi connectivity index (χ1v) is 6.77. The summed E-state index contributed by atoms with van der Waals surface area (Å²) < 4.78 is 0. The smallest absolute Gasteiger partial charge is 0.224 e. The molecule has 0 radical (unpaired) electrons. The maximum Gasteiger partial charge on any atom is 0.224 e. The minimum Gasteiger partial charge on any atom is -0.375 e. The zero-order valence-corrected chi connectivity index (χ0v) is 11.6. The summed E-state index contributed by atoms with van der Waals surface area (Å²) in [6, 6.07) is 0.361. The number of amides is 1. The zero-order valence-electron chi connectivity index (χ0n) is 9.96. The topological polar surface area (TPSA) is 71.2 Å². The fourth-order valence-corrected chi connectivity index (χ4v) is 3.54. The number of carbonyl (C=O) groups is 1. The fourth-order valence-electron chi connectivity index (χ4n) is 2.83. The monoisotopic (exact) mass is 288 g/mol. The van der Waals surface area contributed by atoms with Gasteiger partial charge in [0.25, 0.3) is 0 Å². The molecule has 0 bridgehead atoms. The van der Waals surface area contributed by atoms with E-state index in [4.69, 9.17) is 5.73 Å². The van der Waals surface area contributed by atoms with Crippen molar-refractivity contribution in [3.05, 3.63) is 11.1 Å². The average molecular weight is 289 g/mol. The number of thiazole rings is 1. The van der Waals surface area contributed by atoms with Gasteiger partial charge >= 0.3 is 0 Å². The van der Waals surface area contributed by atoms with Crippen LogP contribution in [0.4, 0.5) is 5.13 Å². The van der Waals surface area contributed by atoms with Crippen molar-refractivity contribution >= 4 is 34.8 Å². The second-order valence-electron chi connectivity index (χ2n) is 4.70. The van der Waals surface area contributed by atoms with Crippen molar-refractivity contribution in [2.45, 2.75) is 25.4 Å². The molecule has 2 atom stereocenters. The quantitative estimate of drug-likeness (QED) is 0.847. The number of fused-ring (bicyclic) bond motifs is 1. The van der Waals surface area contributed by atoms with Crippen molar-refractivity contribution in [3.8, 4) is 0 Å². The van der Waals surface area contributed by atoms with E-state index in [0.717, 1.165) is 32.5 Å². The van der Waals surface area contributed by atoms with Gasteiger partial charge in [-0.15, -0.1) is 23.7 Å². The van der Waals surface area contributed by atoms with E-state index < -0.39 is 0 Å². The third-order valence-electron chi connectivity index (χ3n) is 3.65. The van der Waals surface area contributed by atoms with E-state index in [2.05, 4.69) is 15.2 Å². The van der Waals surface area contributed by atoms with Crippen LogP contribution in [0.25, 0.3) is 0 Å². The van der Waals surface area contributed by atoms with E-state index in [0.29, 0.717) is 11.2 Å². The number of rotatable bonds is 2. The Morgan fingerprint density at radius 3 is 3.17 bits per heavy atom. The number of aromatic nitrogens is 1. The van der Waals surface area contributed by atoms with Crippen LogP contribution in [0.15, 0.2) is 6.20 Å². The molecule has 3 heterocycles. The molecule has 1 amide bonds. The van der Waals surface area contributed by atoms with Crippen LogP contribution in [-0.4, -0.2) is 34.9 Å². The first kappa shape index (κ1) is 13.6. The van der Waals surface area contributed by atoms with Crippen LogP contribution < -0.4 is 11.1 Å². The third-order valence-corrected chi connectivity index (χ3v) is 4.46. The molecule has 0 saturated carbocycles. The summed E-state index contributed by atoms with van der Waals surface area (Å²) in [5.41, 5.74) is 5.63. The SMILES string of the molecule is Cl.Nc1ncc(CN2CCC[C@H]3C(=O)NC[C@H]32)s1. The molecule has 2 fully saturated rings. The van der Waals surface area contributed by atoms with E-state index in [-0.39, 0.29) is 24.2 Å². The maximum atomic E-state index is 11.6. The molecule has 1 aromatic rings. The molecule has 3 N–H and O–H groups in total. The van der Waals surface area contributed by atoms with Gasteiger partial charge in [-0.2, -0.15) is 0 Å². The van der Waals surface area contributed by atoms with Gasteiger partial charge in [-0.05, 0) is 19.4 Å². The second kappa shape index (κ2) is 5.42. The van der Waals surface area contributed by atoms with Crippen LogP contribution in [0, 0.1) is 5.92 Å². The molecule has 18 heavy (non-hydrogen) atoms. The number of hydrogen-bond acceptors (Lipinski definition) is 5. The van der Waals surface area contributed by atoms with E-state index >= 15 is 0 Å². The Balaban J connectivity index is 0.00000120. The van der Waals surface area contributed by atoms with Crippen LogP contribution in [0.1, 0.15) is 17.7 Å². The Kier molecular flexibility index (Phi) is 4.09. The molecule has 2 saturated heterocycles. The van der Waals surface area contributed by atoms with Crippen LogP contribution in [0.3, 0.4) is 0 Å². The second-order valence-corrected chi connectivity index (χ2v) is 5.84. The van der Waals surface area contributed by atoms with Gasteiger partial charge in [0.1, 0.15) is 0 Å². The van der Waals surface area contributed by atoms with Gasteiger partial charge in [-0.1, -0.05) is 0 Å². The van der Waals surface area contributed by atoms with E-state index in [1.807, 2.05) is 6.20 Å². The Morgan fingerprint density at radius 1 is 1.61 bits per heavy atom. The summed E-state index contributed by atoms with van der Waals surface area (Å²) >= 11 is 1.54. The molecule has 0 aromatic carbocycles. The van der Waals surface area contributed by atoms with Gasteiger partial charge in [0.15, 0.2) is 5.13 Å². The van der Waals surface area contributed by atoms with Crippen molar-refractivity contribution in [1.82, 2.24) is 15.2 Å². The highest BCUT2D eigenvalue weighted by Gasteiger charge is 2.40. The van der Waals surface area contributed by atoms with Gasteiger partial charge in [0.05, 0.1) is 5.92 Å². The van der Waals surface area contributed by atoms with Gasteiger partial charge in [0.2, 0.25) is 5.91 Å².